The van der Waals surface area contributed by atoms with Gasteiger partial charge in [0.1, 0.15) is 0 Å². The van der Waals surface area contributed by atoms with Gasteiger partial charge in [0.05, 0.1) is 23.9 Å². The van der Waals surface area contributed by atoms with Crippen LogP contribution in [0.2, 0.25) is 19.6 Å². The van der Waals surface area contributed by atoms with Crippen LogP contribution in [0.1, 0.15) is 28.8 Å². The molecular formula is C25H31ClN2O2RuSSi. The van der Waals surface area contributed by atoms with Gasteiger partial charge >= 0.3 is 27.0 Å². The Morgan fingerprint density at radius 2 is 1.30 bits per heavy atom. The van der Waals surface area contributed by atoms with E-state index in [-0.39, 0.29) is 13.2 Å². The molecule has 178 valence electrons. The van der Waals surface area contributed by atoms with Crippen LogP contribution >= 0.6 is 9.69 Å². The van der Waals surface area contributed by atoms with Gasteiger partial charge < -0.3 is 17.9 Å². The van der Waals surface area contributed by atoms with Crippen molar-refractivity contribution in [3.05, 3.63) is 120 Å². The van der Waals surface area contributed by atoms with Crippen LogP contribution < -0.4 is 5.19 Å². The standard InChI is InChI=1S/C24H28N2O2SSi.CH3.ClH.Ru/c1-30(2,3)22-17-11-10-16-21(22)18-29(27,28)26-24(20-14-8-5-9-15-20)23(25)19-12-6-4-7-13-19;;;/h4-17,23-25H,18H2,1-3H3;1H3;1H;/q-2;-1;;+4/p-1. The molecule has 2 unspecified atom stereocenters. The molecule has 33 heavy (non-hydrogen) atoms. The van der Waals surface area contributed by atoms with Gasteiger partial charge in [0.25, 0.3) is 0 Å². The van der Waals surface area contributed by atoms with Crippen molar-refractivity contribution in [1.29, 1.82) is 0 Å². The van der Waals surface area contributed by atoms with Crippen LogP contribution in [0, 0.1) is 7.43 Å². The van der Waals surface area contributed by atoms with E-state index in [1.54, 1.807) is 0 Å². The number of nitrogens with one attached hydrogen (secondary N) is 1. The quantitative estimate of drug-likeness (QED) is 0.208. The third-order valence-electron chi connectivity index (χ3n) is 5.05. The summed E-state index contributed by atoms with van der Waals surface area (Å²) in [5.74, 6) is -0.141. The summed E-state index contributed by atoms with van der Waals surface area (Å²) in [6.45, 7) is 6.62. The molecule has 0 aromatic heterocycles. The Kier molecular flexibility index (Phi) is 12.2. The van der Waals surface area contributed by atoms with Gasteiger partial charge in [0.15, 0.2) is 0 Å². The molecule has 0 aliphatic carbocycles. The number of halogens is 1. The maximum absolute atomic E-state index is 13.2. The van der Waals surface area contributed by atoms with Gasteiger partial charge in [-0.25, -0.2) is 8.42 Å². The van der Waals surface area contributed by atoms with Crippen molar-refractivity contribution in [1.82, 2.24) is 0 Å². The fourth-order valence-electron chi connectivity index (χ4n) is 3.59. The zero-order valence-corrected chi connectivity index (χ0v) is 23.7. The van der Waals surface area contributed by atoms with Crippen LogP contribution in [-0.2, 0) is 33.1 Å². The molecule has 8 heteroatoms. The van der Waals surface area contributed by atoms with Crippen molar-refractivity contribution in [2.75, 3.05) is 0 Å². The van der Waals surface area contributed by atoms with E-state index in [1.807, 2.05) is 102 Å². The van der Waals surface area contributed by atoms with E-state index in [9.17, 15) is 8.42 Å². The Morgan fingerprint density at radius 3 is 1.82 bits per heavy atom. The van der Waals surface area contributed by atoms with Gasteiger partial charge in [-0.3, -0.25) is 0 Å². The summed E-state index contributed by atoms with van der Waals surface area (Å²) in [6.07, 6.45) is 0. The normalized spacial score (nSPS) is 13.1. The summed E-state index contributed by atoms with van der Waals surface area (Å²) in [6, 6.07) is 24.7. The van der Waals surface area contributed by atoms with Crippen molar-refractivity contribution < 1.29 is 25.7 Å². The minimum atomic E-state index is -3.79. The molecule has 3 aromatic carbocycles. The topological polar surface area (TPSA) is 72.0 Å². The average molecular weight is 588 g/mol. The van der Waals surface area contributed by atoms with E-state index >= 15 is 0 Å². The maximum atomic E-state index is 13.2. The first-order chi connectivity index (χ1) is 15.2. The molecule has 0 saturated heterocycles. The third-order valence-corrected chi connectivity index (χ3v) is 8.38. The molecule has 0 spiro atoms. The summed E-state index contributed by atoms with van der Waals surface area (Å²) < 4.78 is 30.6. The van der Waals surface area contributed by atoms with Crippen molar-refractivity contribution >= 4 is 33.0 Å². The number of hydrogen-bond donors (Lipinski definition) is 0. The van der Waals surface area contributed by atoms with E-state index < -0.39 is 30.2 Å². The van der Waals surface area contributed by atoms with Crippen molar-refractivity contribution in [2.24, 2.45) is 0 Å². The zero-order chi connectivity index (χ0) is 23.8. The molecular weight excluding hydrogens is 557 g/mol. The molecule has 0 aliphatic rings. The van der Waals surface area contributed by atoms with Crippen LogP contribution in [0.15, 0.2) is 84.9 Å². The predicted octanol–water partition coefficient (Wildman–Crippen LogP) is 7.11. The fraction of sp³-hybridized carbons (Fsp3) is 0.240. The molecule has 0 amide bonds. The van der Waals surface area contributed by atoms with E-state index in [2.05, 4.69) is 34.1 Å². The molecule has 0 aliphatic heterocycles. The summed E-state index contributed by atoms with van der Waals surface area (Å²) in [5.41, 5.74) is 11.0. The summed E-state index contributed by atoms with van der Waals surface area (Å²) >= 11 is 1.82. The molecule has 3 rings (SSSR count). The predicted molar refractivity (Wildman–Crippen MR) is 140 cm³/mol. The minimum absolute atomic E-state index is 0. The Hall–Kier alpha value is -1.34. The number of nitrogens with zero attached hydrogens (tertiary/aromatic N) is 1. The summed E-state index contributed by atoms with van der Waals surface area (Å²) in [7, 11) is -0.921. The molecule has 3 aromatic rings. The van der Waals surface area contributed by atoms with Gasteiger partial charge in [0, 0.05) is 0 Å². The van der Waals surface area contributed by atoms with Crippen molar-refractivity contribution in [3.63, 3.8) is 0 Å². The second-order valence-corrected chi connectivity index (χ2v) is 15.2. The van der Waals surface area contributed by atoms with Gasteiger partial charge in [-0.1, -0.05) is 121 Å². The van der Waals surface area contributed by atoms with Gasteiger partial charge in [-0.15, -0.1) is 12.1 Å². The summed E-state index contributed by atoms with van der Waals surface area (Å²) in [5, 5.41) is 1.13. The zero-order valence-electron chi connectivity index (χ0n) is 19.3. The molecule has 0 heterocycles. The number of rotatable bonds is 8. The first kappa shape index (κ1) is 29.7. The Labute approximate surface area is 214 Å². The molecule has 0 radical (unpaired) electrons. The molecule has 0 bridgehead atoms. The molecule has 4 nitrogen and oxygen atoms in total. The summed E-state index contributed by atoms with van der Waals surface area (Å²) in [4.78, 5) is 0. The Bertz CT molecular complexity index is 1080. The van der Waals surface area contributed by atoms with Crippen LogP contribution in [0.3, 0.4) is 0 Å². The monoisotopic (exact) mass is 588 g/mol. The molecule has 1 N–H and O–H groups in total. The third kappa shape index (κ3) is 8.75. The van der Waals surface area contributed by atoms with Crippen molar-refractivity contribution in [2.45, 2.75) is 37.5 Å². The van der Waals surface area contributed by atoms with E-state index in [4.69, 9.17) is 5.73 Å². The Morgan fingerprint density at radius 1 is 0.848 bits per heavy atom. The van der Waals surface area contributed by atoms with Gasteiger partial charge in [0.2, 0.25) is 0 Å². The van der Waals surface area contributed by atoms with Crippen LogP contribution in [0.4, 0.5) is 0 Å². The van der Waals surface area contributed by atoms with Gasteiger partial charge in [-0.05, 0) is 5.56 Å². The molecule has 0 saturated carbocycles. The SMILES string of the molecule is C[Si](C)(C)c1ccccc1CS(=O)(=O)[N-]C(c1ccccc1)C([NH-])c1ccccc1.[CH3-].[Cl][Ru+3]. The second kappa shape index (κ2) is 13.5. The van der Waals surface area contributed by atoms with Crippen LogP contribution in [0.5, 0.6) is 0 Å². The van der Waals surface area contributed by atoms with Gasteiger partial charge in [-0.2, -0.15) is 0 Å². The second-order valence-electron chi connectivity index (χ2n) is 8.48. The average Bonchev–Trinajstić information content (AvgIpc) is 2.79. The molecule has 2 atom stereocenters. The van der Waals surface area contributed by atoms with Crippen LogP contribution in [0.25, 0.3) is 10.5 Å². The van der Waals surface area contributed by atoms with E-state index in [0.717, 1.165) is 21.9 Å². The van der Waals surface area contributed by atoms with Crippen molar-refractivity contribution in [3.8, 4) is 0 Å². The molecule has 0 fully saturated rings. The number of hydrogen-bond acceptors (Lipinski definition) is 2. The number of benzene rings is 3. The number of sulfonamides is 1. The van der Waals surface area contributed by atoms with Crippen LogP contribution in [-0.4, -0.2) is 16.5 Å². The first-order valence-electron chi connectivity index (χ1n) is 10.1. The van der Waals surface area contributed by atoms with E-state index in [1.165, 1.54) is 0 Å². The van der Waals surface area contributed by atoms with E-state index in [0.29, 0.717) is 0 Å². The Balaban J connectivity index is 0.00000177. The fourth-order valence-corrected chi connectivity index (χ4v) is 6.76. The first-order valence-corrected chi connectivity index (χ1v) is 17.5.